The van der Waals surface area contributed by atoms with Crippen molar-refractivity contribution in [2.24, 2.45) is 5.10 Å². The number of benzene rings is 2. The number of nitrogens with one attached hydrogen (secondary N) is 1. The normalized spacial score (nSPS) is 16.0. The van der Waals surface area contributed by atoms with E-state index in [1.54, 1.807) is 0 Å². The average molecular weight is 553 g/mol. The van der Waals surface area contributed by atoms with Crippen LogP contribution < -0.4 is 20.0 Å². The molecular formula is C32H40N8O. The Labute approximate surface area is 242 Å². The summed E-state index contributed by atoms with van der Waals surface area (Å²) in [5.41, 5.74) is 7.70. The summed E-state index contributed by atoms with van der Waals surface area (Å²) in [5, 5.41) is 5.73. The minimum Gasteiger partial charge on any atom is -0.491 e. The Morgan fingerprint density at radius 1 is 0.854 bits per heavy atom. The van der Waals surface area contributed by atoms with E-state index in [1.807, 2.05) is 6.21 Å². The van der Waals surface area contributed by atoms with Gasteiger partial charge < -0.3 is 19.1 Å². The monoisotopic (exact) mass is 552 g/mol. The van der Waals surface area contributed by atoms with Gasteiger partial charge in [0.2, 0.25) is 17.8 Å². The summed E-state index contributed by atoms with van der Waals surface area (Å²) in [6, 6.07) is 14.7. The summed E-state index contributed by atoms with van der Waals surface area (Å²) in [4.78, 5) is 19.0. The van der Waals surface area contributed by atoms with Crippen LogP contribution in [0.5, 0.6) is 5.75 Å². The van der Waals surface area contributed by atoms with Crippen molar-refractivity contribution in [1.29, 1.82) is 0 Å². The Bertz CT molecular complexity index is 1460. The highest BCUT2D eigenvalue weighted by Crippen LogP contribution is 2.24. The maximum absolute atomic E-state index is 6.12. The van der Waals surface area contributed by atoms with Gasteiger partial charge in [-0.15, -0.1) is 0 Å². The van der Waals surface area contributed by atoms with Gasteiger partial charge in [-0.05, 0) is 70.1 Å². The maximum Gasteiger partial charge on any atom is 0.250 e. The van der Waals surface area contributed by atoms with Gasteiger partial charge in [0, 0.05) is 48.8 Å². The van der Waals surface area contributed by atoms with Crippen molar-refractivity contribution < 1.29 is 4.74 Å². The lowest BCUT2D eigenvalue weighted by Crippen LogP contribution is -2.34. The third kappa shape index (κ3) is 6.45. The first-order valence-corrected chi connectivity index (χ1v) is 15.0. The molecule has 41 heavy (non-hydrogen) atoms. The van der Waals surface area contributed by atoms with Crippen molar-refractivity contribution in [3.63, 3.8) is 0 Å². The number of para-hydroxylation sites is 1. The number of aromatic nitrogens is 4. The van der Waals surface area contributed by atoms with E-state index < -0.39 is 0 Å². The molecule has 9 nitrogen and oxygen atoms in total. The van der Waals surface area contributed by atoms with E-state index in [1.165, 1.54) is 44.1 Å². The number of fused-ring (bicyclic) bond motifs is 1. The van der Waals surface area contributed by atoms with E-state index in [4.69, 9.17) is 19.7 Å². The molecule has 0 amide bonds. The molecule has 0 bridgehead atoms. The molecule has 0 unspecified atom stereocenters. The molecule has 0 aliphatic carbocycles. The van der Waals surface area contributed by atoms with Gasteiger partial charge in [0.05, 0.1) is 12.8 Å². The molecular weight excluding hydrogens is 512 g/mol. The molecule has 0 spiro atoms. The standard InChI is InChI=1S/C32H40N8O/c1-24-13-14-29(25(2)21-24)41-20-19-40-23-26(27-11-5-6-12-28(27)40)22-33-37-30-34-31(38-15-7-3-8-16-38)36-32(35-30)39-17-9-4-10-18-39/h5-6,11-14,21-23H,3-4,7-10,15-20H2,1-2H3,(H,34,35,36,37)/b33-22+. The van der Waals surface area contributed by atoms with Crippen molar-refractivity contribution in [3.8, 4) is 5.75 Å². The SMILES string of the molecule is Cc1ccc(OCCn2cc(/C=N/Nc3nc(N4CCCCC4)nc(N4CCCCC4)n3)c3ccccc32)c(C)c1. The molecule has 2 aromatic heterocycles. The number of hydrazone groups is 1. The third-order valence-corrected chi connectivity index (χ3v) is 8.00. The first kappa shape index (κ1) is 27.1. The van der Waals surface area contributed by atoms with Crippen LogP contribution in [0.1, 0.15) is 55.2 Å². The molecule has 4 aromatic rings. The number of piperidine rings is 2. The lowest BCUT2D eigenvalue weighted by molar-refractivity contribution is 0.298. The molecule has 214 valence electrons. The number of ether oxygens (including phenoxy) is 1. The van der Waals surface area contributed by atoms with Crippen molar-refractivity contribution in [3.05, 3.63) is 65.4 Å². The molecule has 2 saturated heterocycles. The summed E-state index contributed by atoms with van der Waals surface area (Å²) >= 11 is 0. The Kier molecular flexibility index (Phi) is 8.30. The number of hydrogen-bond donors (Lipinski definition) is 1. The molecule has 2 fully saturated rings. The molecule has 0 radical (unpaired) electrons. The van der Waals surface area contributed by atoms with Gasteiger partial charge in [0.25, 0.3) is 0 Å². The average Bonchev–Trinajstić information content (AvgIpc) is 3.36. The predicted molar refractivity (Wildman–Crippen MR) is 167 cm³/mol. The van der Waals surface area contributed by atoms with E-state index in [2.05, 4.69) is 87.4 Å². The summed E-state index contributed by atoms with van der Waals surface area (Å²) in [6.07, 6.45) is 11.2. The molecule has 0 atom stereocenters. The fourth-order valence-electron chi connectivity index (χ4n) is 5.81. The maximum atomic E-state index is 6.12. The molecule has 6 rings (SSSR count). The Morgan fingerprint density at radius 2 is 1.54 bits per heavy atom. The van der Waals surface area contributed by atoms with Gasteiger partial charge in [-0.2, -0.15) is 20.1 Å². The van der Waals surface area contributed by atoms with Crippen LogP contribution in [-0.2, 0) is 6.54 Å². The number of aryl methyl sites for hydroxylation is 2. The molecule has 9 heteroatoms. The zero-order valence-corrected chi connectivity index (χ0v) is 24.2. The second-order valence-corrected chi connectivity index (χ2v) is 11.1. The van der Waals surface area contributed by atoms with E-state index in [0.29, 0.717) is 12.6 Å². The lowest BCUT2D eigenvalue weighted by Gasteiger charge is -2.30. The Hall–Kier alpha value is -4.14. The van der Waals surface area contributed by atoms with Gasteiger partial charge in [0.15, 0.2) is 0 Å². The van der Waals surface area contributed by atoms with Crippen LogP contribution in [0.3, 0.4) is 0 Å². The highest BCUT2D eigenvalue weighted by atomic mass is 16.5. The largest absolute Gasteiger partial charge is 0.491 e. The molecule has 2 aliphatic heterocycles. The highest BCUT2D eigenvalue weighted by Gasteiger charge is 2.20. The van der Waals surface area contributed by atoms with Crippen LogP contribution in [-0.4, -0.2) is 58.5 Å². The Morgan fingerprint density at radius 3 is 2.22 bits per heavy atom. The van der Waals surface area contributed by atoms with Crippen molar-refractivity contribution in [2.75, 3.05) is 48.0 Å². The van der Waals surface area contributed by atoms with Crippen molar-refractivity contribution in [2.45, 2.75) is 58.9 Å². The second-order valence-electron chi connectivity index (χ2n) is 11.1. The zero-order chi connectivity index (χ0) is 28.0. The lowest BCUT2D eigenvalue weighted by atomic mass is 10.1. The van der Waals surface area contributed by atoms with E-state index in [-0.39, 0.29) is 0 Å². The fraction of sp³-hybridized carbons (Fsp3) is 0.438. The van der Waals surface area contributed by atoms with Crippen LogP contribution in [0, 0.1) is 13.8 Å². The van der Waals surface area contributed by atoms with Crippen molar-refractivity contribution in [1.82, 2.24) is 19.5 Å². The van der Waals surface area contributed by atoms with Crippen LogP contribution in [0.25, 0.3) is 10.9 Å². The molecule has 1 N–H and O–H groups in total. The number of hydrogen-bond acceptors (Lipinski definition) is 8. The Balaban J connectivity index is 1.19. The molecule has 2 aliphatic rings. The minimum absolute atomic E-state index is 0.489. The number of anilines is 3. The third-order valence-electron chi connectivity index (χ3n) is 8.00. The van der Waals surface area contributed by atoms with Crippen LogP contribution in [0.15, 0.2) is 53.8 Å². The smallest absolute Gasteiger partial charge is 0.250 e. The van der Waals surface area contributed by atoms with Gasteiger partial charge in [-0.3, -0.25) is 0 Å². The topological polar surface area (TPSA) is 83.7 Å². The van der Waals surface area contributed by atoms with Crippen molar-refractivity contribution >= 4 is 35.0 Å². The highest BCUT2D eigenvalue weighted by molar-refractivity contribution is 5.99. The fourth-order valence-corrected chi connectivity index (χ4v) is 5.81. The number of rotatable bonds is 9. The number of nitrogens with zero attached hydrogens (tertiary/aromatic N) is 7. The first-order chi connectivity index (χ1) is 20.1. The second kappa shape index (κ2) is 12.6. The van der Waals surface area contributed by atoms with E-state index >= 15 is 0 Å². The minimum atomic E-state index is 0.489. The summed E-state index contributed by atoms with van der Waals surface area (Å²) < 4.78 is 8.35. The van der Waals surface area contributed by atoms with Gasteiger partial charge in [-0.1, -0.05) is 35.9 Å². The zero-order valence-electron chi connectivity index (χ0n) is 24.2. The van der Waals surface area contributed by atoms with Crippen LogP contribution in [0.4, 0.5) is 17.8 Å². The van der Waals surface area contributed by atoms with E-state index in [9.17, 15) is 0 Å². The predicted octanol–water partition coefficient (Wildman–Crippen LogP) is 5.95. The summed E-state index contributed by atoms with van der Waals surface area (Å²) in [6.45, 7) is 9.45. The summed E-state index contributed by atoms with van der Waals surface area (Å²) in [7, 11) is 0. The van der Waals surface area contributed by atoms with Gasteiger partial charge in [-0.25, -0.2) is 5.43 Å². The molecule has 2 aromatic carbocycles. The van der Waals surface area contributed by atoms with Crippen LogP contribution in [0.2, 0.25) is 0 Å². The molecule has 4 heterocycles. The quantitative estimate of drug-likeness (QED) is 0.203. The summed E-state index contributed by atoms with van der Waals surface area (Å²) in [5.74, 6) is 2.92. The van der Waals surface area contributed by atoms with Gasteiger partial charge in [0.1, 0.15) is 12.4 Å². The molecule has 0 saturated carbocycles. The van der Waals surface area contributed by atoms with E-state index in [0.717, 1.165) is 72.4 Å². The van der Waals surface area contributed by atoms with Crippen LogP contribution >= 0.6 is 0 Å². The van der Waals surface area contributed by atoms with Gasteiger partial charge >= 0.3 is 0 Å². The first-order valence-electron chi connectivity index (χ1n) is 15.0.